The van der Waals surface area contributed by atoms with E-state index in [0.29, 0.717) is 12.3 Å². The average Bonchev–Trinajstić information content (AvgIpc) is 2.47. The maximum atomic E-state index is 9.48. The lowest BCUT2D eigenvalue weighted by Crippen LogP contribution is -2.00. The fourth-order valence-electron chi connectivity index (χ4n) is 2.33. The van der Waals surface area contributed by atoms with E-state index in [9.17, 15) is 5.11 Å². The molecule has 0 amide bonds. The zero-order valence-electron chi connectivity index (χ0n) is 11.3. The van der Waals surface area contributed by atoms with Crippen molar-refractivity contribution in [3.05, 3.63) is 65.9 Å². The zero-order valence-corrected chi connectivity index (χ0v) is 11.3. The molecule has 0 aliphatic rings. The summed E-state index contributed by atoms with van der Waals surface area (Å²) in [7, 11) is 0. The van der Waals surface area contributed by atoms with Crippen molar-refractivity contribution in [2.75, 3.05) is 5.32 Å². The molecule has 1 heterocycles. The zero-order chi connectivity index (χ0) is 13.9. The minimum atomic E-state index is 0.291. The third-order valence-corrected chi connectivity index (χ3v) is 3.36. The fourth-order valence-corrected chi connectivity index (χ4v) is 2.33. The van der Waals surface area contributed by atoms with E-state index in [2.05, 4.69) is 35.4 Å². The van der Waals surface area contributed by atoms with Crippen LogP contribution in [0.25, 0.3) is 10.9 Å². The first kappa shape index (κ1) is 12.5. The largest absolute Gasteiger partial charge is 0.508 e. The van der Waals surface area contributed by atoms with Crippen LogP contribution < -0.4 is 5.32 Å². The minimum absolute atomic E-state index is 0.291. The van der Waals surface area contributed by atoms with Gasteiger partial charge in [0, 0.05) is 23.8 Å². The number of phenols is 1. The second kappa shape index (κ2) is 5.21. The lowest BCUT2D eigenvalue weighted by Gasteiger charge is -2.11. The Bertz CT molecular complexity index is 753. The number of aromatic hydroxyl groups is 1. The molecule has 0 unspecified atom stereocenters. The molecule has 3 heteroatoms. The van der Waals surface area contributed by atoms with Crippen LogP contribution in [0.2, 0.25) is 0 Å². The molecule has 2 aromatic carbocycles. The minimum Gasteiger partial charge on any atom is -0.508 e. The van der Waals surface area contributed by atoms with Crippen molar-refractivity contribution in [1.82, 2.24) is 4.98 Å². The van der Waals surface area contributed by atoms with Gasteiger partial charge in [0.25, 0.3) is 0 Å². The van der Waals surface area contributed by atoms with Gasteiger partial charge >= 0.3 is 0 Å². The maximum Gasteiger partial charge on any atom is 0.115 e. The number of hydrogen-bond donors (Lipinski definition) is 2. The number of aromatic nitrogens is 1. The van der Waals surface area contributed by atoms with Crippen LogP contribution in [-0.2, 0) is 6.54 Å². The number of anilines is 1. The Labute approximate surface area is 117 Å². The summed E-state index contributed by atoms with van der Waals surface area (Å²) in [6.07, 6.45) is 1.81. The fraction of sp³-hybridized carbons (Fsp3) is 0.118. The molecule has 2 N–H and O–H groups in total. The second-order valence-electron chi connectivity index (χ2n) is 4.85. The molecule has 1 aromatic heterocycles. The summed E-state index contributed by atoms with van der Waals surface area (Å²) < 4.78 is 0. The van der Waals surface area contributed by atoms with Gasteiger partial charge in [0.2, 0.25) is 0 Å². The van der Waals surface area contributed by atoms with E-state index in [1.54, 1.807) is 12.1 Å². The van der Waals surface area contributed by atoms with Crippen molar-refractivity contribution >= 4 is 16.6 Å². The van der Waals surface area contributed by atoms with Gasteiger partial charge in [-0.3, -0.25) is 4.98 Å². The Kier molecular flexibility index (Phi) is 3.25. The van der Waals surface area contributed by atoms with Crippen molar-refractivity contribution in [2.24, 2.45) is 0 Å². The maximum absolute atomic E-state index is 9.48. The lowest BCUT2D eigenvalue weighted by atomic mass is 10.1. The Morgan fingerprint density at radius 1 is 1.10 bits per heavy atom. The predicted octanol–water partition coefficient (Wildman–Crippen LogP) is 3.86. The molecule has 0 saturated heterocycles. The molecule has 3 rings (SSSR count). The molecule has 0 aliphatic carbocycles. The lowest BCUT2D eigenvalue weighted by molar-refractivity contribution is 0.474. The Balaban J connectivity index is 1.90. The summed E-state index contributed by atoms with van der Waals surface area (Å²) in [6, 6.07) is 15.4. The molecule has 3 aromatic rings. The highest BCUT2D eigenvalue weighted by atomic mass is 16.3. The summed E-state index contributed by atoms with van der Waals surface area (Å²) in [6.45, 7) is 2.73. The molecule has 20 heavy (non-hydrogen) atoms. The van der Waals surface area contributed by atoms with Gasteiger partial charge in [-0.1, -0.05) is 18.2 Å². The molecular formula is C17H16N2O. The summed E-state index contributed by atoms with van der Waals surface area (Å²) in [4.78, 5) is 4.43. The monoisotopic (exact) mass is 264 g/mol. The highest BCUT2D eigenvalue weighted by Gasteiger charge is 2.04. The molecule has 0 bridgehead atoms. The summed E-state index contributed by atoms with van der Waals surface area (Å²) in [5.74, 6) is 0.291. The SMILES string of the molecule is Cc1ccc(NCc2cccc(O)c2)c2cccnc12. The van der Waals surface area contributed by atoms with Gasteiger partial charge in [-0.05, 0) is 48.4 Å². The second-order valence-corrected chi connectivity index (χ2v) is 4.85. The number of aryl methyl sites for hydroxylation is 1. The molecule has 0 fully saturated rings. The number of rotatable bonds is 3. The van der Waals surface area contributed by atoms with Crippen LogP contribution in [0.1, 0.15) is 11.1 Å². The van der Waals surface area contributed by atoms with E-state index in [-0.39, 0.29) is 0 Å². The summed E-state index contributed by atoms with van der Waals surface area (Å²) in [5, 5.41) is 14.0. The van der Waals surface area contributed by atoms with Crippen molar-refractivity contribution in [3.8, 4) is 5.75 Å². The van der Waals surface area contributed by atoms with Gasteiger partial charge in [0.15, 0.2) is 0 Å². The number of phenolic OH excluding ortho intramolecular Hbond substituents is 1. The van der Waals surface area contributed by atoms with Crippen molar-refractivity contribution < 1.29 is 5.11 Å². The van der Waals surface area contributed by atoms with Crippen molar-refractivity contribution in [3.63, 3.8) is 0 Å². The van der Waals surface area contributed by atoms with Crippen molar-refractivity contribution in [1.29, 1.82) is 0 Å². The van der Waals surface area contributed by atoms with E-state index < -0.39 is 0 Å². The van der Waals surface area contributed by atoms with Crippen molar-refractivity contribution in [2.45, 2.75) is 13.5 Å². The number of hydrogen-bond acceptors (Lipinski definition) is 3. The van der Waals surface area contributed by atoms with E-state index >= 15 is 0 Å². The first-order chi connectivity index (χ1) is 9.74. The normalized spacial score (nSPS) is 10.7. The number of fused-ring (bicyclic) bond motifs is 1. The highest BCUT2D eigenvalue weighted by Crippen LogP contribution is 2.25. The third kappa shape index (κ3) is 2.43. The van der Waals surface area contributed by atoms with Crippen LogP contribution in [-0.4, -0.2) is 10.1 Å². The molecule has 3 nitrogen and oxygen atoms in total. The molecule has 0 radical (unpaired) electrons. The van der Waals surface area contributed by atoms with Gasteiger partial charge in [-0.15, -0.1) is 0 Å². The van der Waals surface area contributed by atoms with E-state index in [0.717, 1.165) is 22.2 Å². The Morgan fingerprint density at radius 3 is 2.85 bits per heavy atom. The van der Waals surface area contributed by atoms with Gasteiger partial charge in [0.1, 0.15) is 5.75 Å². The number of pyridine rings is 1. The Morgan fingerprint density at radius 2 is 2.00 bits per heavy atom. The molecule has 0 saturated carbocycles. The first-order valence-electron chi connectivity index (χ1n) is 6.60. The molecular weight excluding hydrogens is 248 g/mol. The first-order valence-corrected chi connectivity index (χ1v) is 6.60. The van der Waals surface area contributed by atoms with Gasteiger partial charge in [-0.25, -0.2) is 0 Å². The molecule has 0 aliphatic heterocycles. The standard InChI is InChI=1S/C17H16N2O/c1-12-7-8-16(15-6-3-9-18-17(12)15)19-11-13-4-2-5-14(20)10-13/h2-10,19-20H,11H2,1H3. The van der Waals surface area contributed by atoms with Crippen LogP contribution in [0.5, 0.6) is 5.75 Å². The van der Waals surface area contributed by atoms with Gasteiger partial charge in [0.05, 0.1) is 5.52 Å². The van der Waals surface area contributed by atoms with Crippen LogP contribution in [0, 0.1) is 6.92 Å². The van der Waals surface area contributed by atoms with E-state index in [1.165, 1.54) is 5.56 Å². The van der Waals surface area contributed by atoms with Crippen LogP contribution in [0.15, 0.2) is 54.7 Å². The van der Waals surface area contributed by atoms with Gasteiger partial charge in [-0.2, -0.15) is 0 Å². The third-order valence-electron chi connectivity index (χ3n) is 3.36. The number of benzene rings is 2. The van der Waals surface area contributed by atoms with Gasteiger partial charge < -0.3 is 10.4 Å². The quantitative estimate of drug-likeness (QED) is 0.755. The average molecular weight is 264 g/mol. The number of nitrogens with one attached hydrogen (secondary N) is 1. The van der Waals surface area contributed by atoms with E-state index in [4.69, 9.17) is 0 Å². The highest BCUT2D eigenvalue weighted by molar-refractivity contribution is 5.93. The Hall–Kier alpha value is -2.55. The molecule has 0 spiro atoms. The summed E-state index contributed by atoms with van der Waals surface area (Å²) in [5.41, 5.74) is 4.29. The molecule has 100 valence electrons. The smallest absolute Gasteiger partial charge is 0.115 e. The van der Waals surface area contributed by atoms with Crippen LogP contribution >= 0.6 is 0 Å². The summed E-state index contributed by atoms with van der Waals surface area (Å²) >= 11 is 0. The number of nitrogens with zero attached hydrogens (tertiary/aromatic N) is 1. The predicted molar refractivity (Wildman–Crippen MR) is 81.9 cm³/mol. The van der Waals surface area contributed by atoms with Crippen LogP contribution in [0.4, 0.5) is 5.69 Å². The van der Waals surface area contributed by atoms with E-state index in [1.807, 2.05) is 24.4 Å². The topological polar surface area (TPSA) is 45.1 Å². The molecule has 0 atom stereocenters. The van der Waals surface area contributed by atoms with Crippen LogP contribution in [0.3, 0.4) is 0 Å².